The number of carbonyl (C=O) groups is 2. The minimum Gasteiger partial charge on any atom is -0.356 e. The van der Waals surface area contributed by atoms with Gasteiger partial charge in [-0.15, -0.1) is 0 Å². The van der Waals surface area contributed by atoms with Crippen molar-refractivity contribution in [3.63, 3.8) is 0 Å². The zero-order valence-electron chi connectivity index (χ0n) is 17.6. The summed E-state index contributed by atoms with van der Waals surface area (Å²) in [5.41, 5.74) is 1.45. The lowest BCUT2D eigenvalue weighted by molar-refractivity contribution is -0.126. The fourth-order valence-electron chi connectivity index (χ4n) is 3.82. The normalized spacial score (nSPS) is 16.8. The molecule has 0 bridgehead atoms. The zero-order valence-corrected chi connectivity index (χ0v) is 17.6. The van der Waals surface area contributed by atoms with Gasteiger partial charge in [-0.3, -0.25) is 9.59 Å². The molecule has 1 fully saturated rings. The van der Waals surface area contributed by atoms with Crippen LogP contribution < -0.4 is 5.32 Å². The number of nitrogens with one attached hydrogen (secondary N) is 1. The van der Waals surface area contributed by atoms with E-state index in [0.29, 0.717) is 31.0 Å². The monoisotopic (exact) mass is 397 g/mol. The van der Waals surface area contributed by atoms with Crippen molar-refractivity contribution in [3.8, 4) is 5.82 Å². The summed E-state index contributed by atoms with van der Waals surface area (Å²) in [4.78, 5) is 32.0. The highest BCUT2D eigenvalue weighted by molar-refractivity contribution is 5.96. The molecule has 3 rings (SSSR count). The van der Waals surface area contributed by atoms with Crippen molar-refractivity contribution in [2.45, 2.75) is 52.4 Å². The van der Waals surface area contributed by atoms with E-state index in [9.17, 15) is 9.59 Å². The lowest BCUT2D eigenvalue weighted by atomic mass is 9.96. The van der Waals surface area contributed by atoms with E-state index in [1.165, 1.54) is 0 Å². The molecule has 0 saturated carbocycles. The molecule has 1 atom stereocenters. The van der Waals surface area contributed by atoms with Crippen LogP contribution in [0.5, 0.6) is 0 Å². The van der Waals surface area contributed by atoms with Crippen molar-refractivity contribution >= 4 is 11.8 Å². The molecule has 29 heavy (non-hydrogen) atoms. The number of amides is 2. The highest BCUT2D eigenvalue weighted by Crippen LogP contribution is 2.25. The number of rotatable bonds is 7. The SMILES string of the molecule is CCCCNC(=O)C1CCCN(C(=O)c2cnn(-c3ccccn3)c2C(C)C)C1. The van der Waals surface area contributed by atoms with Gasteiger partial charge in [-0.1, -0.05) is 33.3 Å². The van der Waals surface area contributed by atoms with Crippen LogP contribution in [0.15, 0.2) is 30.6 Å². The first-order valence-electron chi connectivity index (χ1n) is 10.6. The third-order valence-corrected chi connectivity index (χ3v) is 5.36. The van der Waals surface area contributed by atoms with Crippen LogP contribution in [0.1, 0.15) is 68.4 Å². The minimum atomic E-state index is -0.141. The number of likely N-dealkylation sites (tertiary alicyclic amines) is 1. The molecule has 3 heterocycles. The van der Waals surface area contributed by atoms with Gasteiger partial charge in [0.1, 0.15) is 0 Å². The summed E-state index contributed by atoms with van der Waals surface area (Å²) in [6.07, 6.45) is 7.04. The number of hydrogen-bond acceptors (Lipinski definition) is 4. The van der Waals surface area contributed by atoms with Gasteiger partial charge in [0.25, 0.3) is 5.91 Å². The fourth-order valence-corrected chi connectivity index (χ4v) is 3.82. The van der Waals surface area contributed by atoms with E-state index in [-0.39, 0.29) is 23.7 Å². The number of hydrogen-bond donors (Lipinski definition) is 1. The van der Waals surface area contributed by atoms with Crippen LogP contribution in [-0.4, -0.2) is 51.1 Å². The van der Waals surface area contributed by atoms with Gasteiger partial charge in [0.05, 0.1) is 23.4 Å². The van der Waals surface area contributed by atoms with E-state index in [2.05, 4.69) is 22.3 Å². The third kappa shape index (κ3) is 4.83. The van der Waals surface area contributed by atoms with Gasteiger partial charge >= 0.3 is 0 Å². The van der Waals surface area contributed by atoms with E-state index < -0.39 is 0 Å². The van der Waals surface area contributed by atoms with Crippen LogP contribution in [0.4, 0.5) is 0 Å². The fraction of sp³-hybridized carbons (Fsp3) is 0.545. The van der Waals surface area contributed by atoms with Crippen molar-refractivity contribution < 1.29 is 9.59 Å². The van der Waals surface area contributed by atoms with Gasteiger partial charge in [0.2, 0.25) is 5.91 Å². The van der Waals surface area contributed by atoms with Crippen molar-refractivity contribution in [2.75, 3.05) is 19.6 Å². The number of unbranched alkanes of at least 4 members (excludes halogenated alkanes) is 1. The maximum Gasteiger partial charge on any atom is 0.257 e. The Kier molecular flexibility index (Phi) is 7.01. The van der Waals surface area contributed by atoms with Gasteiger partial charge in [0.15, 0.2) is 5.82 Å². The van der Waals surface area contributed by atoms with Gasteiger partial charge in [-0.05, 0) is 37.3 Å². The number of aromatic nitrogens is 3. The van der Waals surface area contributed by atoms with Crippen LogP contribution in [0.2, 0.25) is 0 Å². The lowest BCUT2D eigenvalue weighted by Gasteiger charge is -2.32. The van der Waals surface area contributed by atoms with E-state index in [1.54, 1.807) is 22.0 Å². The molecule has 0 spiro atoms. The first-order chi connectivity index (χ1) is 14.0. The van der Waals surface area contributed by atoms with Crippen LogP contribution in [0.3, 0.4) is 0 Å². The first kappa shape index (κ1) is 21.0. The van der Waals surface area contributed by atoms with E-state index >= 15 is 0 Å². The van der Waals surface area contributed by atoms with Gasteiger partial charge in [0, 0.05) is 25.8 Å². The summed E-state index contributed by atoms with van der Waals surface area (Å²) >= 11 is 0. The largest absolute Gasteiger partial charge is 0.356 e. The van der Waals surface area contributed by atoms with E-state index in [1.807, 2.05) is 32.0 Å². The zero-order chi connectivity index (χ0) is 20.8. The topological polar surface area (TPSA) is 80.1 Å². The summed E-state index contributed by atoms with van der Waals surface area (Å²) in [6, 6.07) is 5.64. The smallest absolute Gasteiger partial charge is 0.257 e. The molecule has 2 aromatic rings. The Morgan fingerprint density at radius 1 is 1.31 bits per heavy atom. The van der Waals surface area contributed by atoms with Crippen molar-refractivity contribution in [1.82, 2.24) is 25.0 Å². The summed E-state index contributed by atoms with van der Waals surface area (Å²) in [6.45, 7) is 8.03. The van der Waals surface area contributed by atoms with Gasteiger partial charge in [-0.2, -0.15) is 5.10 Å². The molecule has 0 aliphatic carbocycles. The second kappa shape index (κ2) is 9.67. The molecule has 0 aromatic carbocycles. The first-order valence-corrected chi connectivity index (χ1v) is 10.6. The van der Waals surface area contributed by atoms with Crippen molar-refractivity contribution in [2.24, 2.45) is 5.92 Å². The second-order valence-electron chi connectivity index (χ2n) is 7.93. The van der Waals surface area contributed by atoms with Crippen LogP contribution >= 0.6 is 0 Å². The minimum absolute atomic E-state index is 0.0538. The predicted molar refractivity (Wildman–Crippen MR) is 112 cm³/mol. The molecular formula is C22H31N5O2. The summed E-state index contributed by atoms with van der Waals surface area (Å²) in [7, 11) is 0. The Balaban J connectivity index is 1.78. The maximum absolute atomic E-state index is 13.3. The second-order valence-corrected chi connectivity index (χ2v) is 7.93. The average Bonchev–Trinajstić information content (AvgIpc) is 3.19. The molecule has 7 heteroatoms. The van der Waals surface area contributed by atoms with Gasteiger partial charge in [-0.25, -0.2) is 9.67 Å². The highest BCUT2D eigenvalue weighted by Gasteiger charge is 2.31. The Morgan fingerprint density at radius 2 is 2.14 bits per heavy atom. The van der Waals surface area contributed by atoms with Crippen LogP contribution in [-0.2, 0) is 4.79 Å². The van der Waals surface area contributed by atoms with Crippen LogP contribution in [0, 0.1) is 5.92 Å². The summed E-state index contributed by atoms with van der Waals surface area (Å²) in [5, 5.41) is 7.46. The Labute approximate surface area is 172 Å². The Morgan fingerprint density at radius 3 is 2.83 bits per heavy atom. The molecule has 1 unspecified atom stereocenters. The molecule has 0 radical (unpaired) electrons. The molecule has 1 aliphatic rings. The van der Waals surface area contributed by atoms with Crippen molar-refractivity contribution in [3.05, 3.63) is 41.9 Å². The molecule has 2 aromatic heterocycles. The molecule has 156 valence electrons. The number of piperidine rings is 1. The maximum atomic E-state index is 13.3. The molecule has 1 aliphatic heterocycles. The molecular weight excluding hydrogens is 366 g/mol. The summed E-state index contributed by atoms with van der Waals surface area (Å²) < 4.78 is 1.75. The number of carbonyl (C=O) groups excluding carboxylic acids is 2. The Bertz CT molecular complexity index is 831. The Hall–Kier alpha value is -2.70. The highest BCUT2D eigenvalue weighted by atomic mass is 16.2. The number of nitrogens with zero attached hydrogens (tertiary/aromatic N) is 4. The molecule has 7 nitrogen and oxygen atoms in total. The standard InChI is InChI=1S/C22H31N5O2/c1-4-5-11-24-21(28)17-9-8-13-26(15-17)22(29)18-14-25-27(20(18)16(2)3)19-10-6-7-12-23-19/h6-7,10,12,14,16-17H,4-5,8-9,11,13,15H2,1-3H3,(H,24,28). The molecule has 2 amide bonds. The lowest BCUT2D eigenvalue weighted by Crippen LogP contribution is -2.45. The van der Waals surface area contributed by atoms with Crippen molar-refractivity contribution in [1.29, 1.82) is 0 Å². The van der Waals surface area contributed by atoms with E-state index in [0.717, 1.165) is 31.4 Å². The quantitative estimate of drug-likeness (QED) is 0.728. The third-order valence-electron chi connectivity index (χ3n) is 5.36. The predicted octanol–water partition coefficient (Wildman–Crippen LogP) is 3.16. The number of pyridine rings is 1. The van der Waals surface area contributed by atoms with Gasteiger partial charge < -0.3 is 10.2 Å². The molecule has 1 N–H and O–H groups in total. The molecule has 1 saturated heterocycles. The van der Waals surface area contributed by atoms with E-state index in [4.69, 9.17) is 0 Å². The summed E-state index contributed by atoms with van der Waals surface area (Å²) in [5.74, 6) is 0.669. The van der Waals surface area contributed by atoms with Crippen LogP contribution in [0.25, 0.3) is 5.82 Å². The average molecular weight is 398 g/mol.